The zero-order valence-corrected chi connectivity index (χ0v) is 16.3. The second-order valence-corrected chi connectivity index (χ2v) is 5.93. The Balaban J connectivity index is 1.80. The van der Waals surface area contributed by atoms with Crippen LogP contribution in [0.1, 0.15) is 34.8 Å². The summed E-state index contributed by atoms with van der Waals surface area (Å²) in [5.74, 6) is -1.97. The smallest absolute Gasteiger partial charge is 0.325 e. The summed E-state index contributed by atoms with van der Waals surface area (Å²) >= 11 is 0. The molecule has 0 aliphatic rings. The molecule has 0 atom stereocenters. The Morgan fingerprint density at radius 1 is 1.07 bits per heavy atom. The molecule has 1 aromatic carbocycles. The minimum Gasteiger partial charge on any atom is -0.459 e. The molecule has 1 aromatic heterocycles. The second-order valence-electron chi connectivity index (χ2n) is 5.93. The number of nitrogens with zero attached hydrogens (tertiary/aromatic N) is 1. The molecule has 0 saturated carbocycles. The van der Waals surface area contributed by atoms with Gasteiger partial charge in [-0.25, -0.2) is 0 Å². The van der Waals surface area contributed by atoms with Gasteiger partial charge in [-0.1, -0.05) is 6.07 Å². The molecule has 154 valence electrons. The molecule has 0 unspecified atom stereocenters. The topological polar surface area (TPSA) is 118 Å². The van der Waals surface area contributed by atoms with Crippen molar-refractivity contribution in [2.24, 2.45) is 0 Å². The van der Waals surface area contributed by atoms with E-state index in [0.29, 0.717) is 24.3 Å². The van der Waals surface area contributed by atoms with Crippen molar-refractivity contribution in [1.29, 1.82) is 0 Å². The number of anilines is 1. The maximum atomic E-state index is 12.4. The van der Waals surface area contributed by atoms with Crippen LogP contribution in [-0.4, -0.2) is 54.8 Å². The third kappa shape index (κ3) is 6.49. The molecule has 0 aliphatic heterocycles. The molecule has 1 heterocycles. The van der Waals surface area contributed by atoms with Crippen molar-refractivity contribution in [2.75, 3.05) is 31.6 Å². The van der Waals surface area contributed by atoms with Crippen LogP contribution in [0.5, 0.6) is 0 Å². The fourth-order valence-electron chi connectivity index (χ4n) is 2.46. The molecule has 29 heavy (non-hydrogen) atoms. The molecule has 0 spiro atoms. The summed E-state index contributed by atoms with van der Waals surface area (Å²) in [6.07, 6.45) is 1.34. The van der Waals surface area contributed by atoms with Crippen LogP contribution < -0.4 is 10.6 Å². The fourth-order valence-corrected chi connectivity index (χ4v) is 2.46. The first-order valence-corrected chi connectivity index (χ1v) is 9.11. The minimum atomic E-state index is -0.773. The predicted octanol–water partition coefficient (Wildman–Crippen LogP) is 1.67. The lowest BCUT2D eigenvalue weighted by molar-refractivity contribution is -0.146. The average Bonchev–Trinajstić information content (AvgIpc) is 3.26. The Bertz CT molecular complexity index is 859. The van der Waals surface area contributed by atoms with Gasteiger partial charge in [-0.2, -0.15) is 0 Å². The monoisotopic (exact) mass is 401 g/mol. The molecule has 2 rings (SSSR count). The first-order valence-electron chi connectivity index (χ1n) is 9.11. The van der Waals surface area contributed by atoms with Gasteiger partial charge in [0.1, 0.15) is 6.54 Å². The van der Waals surface area contributed by atoms with Crippen molar-refractivity contribution >= 4 is 29.4 Å². The normalized spacial score (nSPS) is 10.1. The van der Waals surface area contributed by atoms with Crippen LogP contribution in [0, 0.1) is 0 Å². The minimum absolute atomic E-state index is 0.0645. The van der Waals surface area contributed by atoms with E-state index >= 15 is 0 Å². The summed E-state index contributed by atoms with van der Waals surface area (Å²) in [4.78, 5) is 49.3. The van der Waals surface area contributed by atoms with Crippen LogP contribution in [0.15, 0.2) is 47.1 Å². The molecular formula is C20H23N3O6. The molecule has 0 aliphatic carbocycles. The summed E-state index contributed by atoms with van der Waals surface area (Å²) < 4.78 is 9.72. The van der Waals surface area contributed by atoms with Gasteiger partial charge in [0.2, 0.25) is 0 Å². The van der Waals surface area contributed by atoms with E-state index in [0.717, 1.165) is 0 Å². The first kappa shape index (κ1) is 21.7. The number of esters is 1. The second kappa shape index (κ2) is 10.6. The van der Waals surface area contributed by atoms with Gasteiger partial charge in [0.25, 0.3) is 17.7 Å². The summed E-state index contributed by atoms with van der Waals surface area (Å²) in [7, 11) is 0. The van der Waals surface area contributed by atoms with Crippen molar-refractivity contribution in [1.82, 2.24) is 10.2 Å². The Morgan fingerprint density at radius 3 is 2.48 bits per heavy atom. The van der Waals surface area contributed by atoms with Crippen LogP contribution in [0.2, 0.25) is 0 Å². The third-order valence-corrected chi connectivity index (χ3v) is 3.95. The van der Waals surface area contributed by atoms with E-state index in [1.807, 2.05) is 13.8 Å². The highest BCUT2D eigenvalue weighted by atomic mass is 16.5. The van der Waals surface area contributed by atoms with Gasteiger partial charge in [-0.15, -0.1) is 0 Å². The lowest BCUT2D eigenvalue weighted by Gasteiger charge is -2.19. The van der Waals surface area contributed by atoms with E-state index < -0.39 is 30.9 Å². The highest BCUT2D eigenvalue weighted by Crippen LogP contribution is 2.13. The molecule has 2 aromatic rings. The number of nitrogens with one attached hydrogen (secondary N) is 2. The Labute approximate surface area is 168 Å². The SMILES string of the molecule is CCN(CC)C(=O)c1cccc(NC(=O)COC(=O)CNC(=O)c2ccco2)c1. The molecule has 0 radical (unpaired) electrons. The van der Waals surface area contributed by atoms with Crippen molar-refractivity contribution in [3.63, 3.8) is 0 Å². The Morgan fingerprint density at radius 2 is 1.83 bits per heavy atom. The Hall–Kier alpha value is -3.62. The zero-order chi connectivity index (χ0) is 21.2. The van der Waals surface area contributed by atoms with Gasteiger partial charge in [-0.05, 0) is 44.2 Å². The van der Waals surface area contributed by atoms with Gasteiger partial charge in [0.15, 0.2) is 12.4 Å². The standard InChI is InChI=1S/C20H23N3O6/c1-3-23(4-2)20(27)14-7-5-8-15(11-14)22-17(24)13-29-18(25)12-21-19(26)16-9-6-10-28-16/h5-11H,3-4,12-13H2,1-2H3,(H,21,26)(H,22,24). The maximum absolute atomic E-state index is 12.4. The summed E-state index contributed by atoms with van der Waals surface area (Å²) in [6, 6.07) is 9.50. The van der Waals surface area contributed by atoms with Gasteiger partial charge < -0.3 is 24.7 Å². The third-order valence-electron chi connectivity index (χ3n) is 3.95. The van der Waals surface area contributed by atoms with Crippen molar-refractivity contribution < 1.29 is 28.3 Å². The molecule has 9 nitrogen and oxygen atoms in total. The molecule has 2 N–H and O–H groups in total. The van der Waals surface area contributed by atoms with Crippen molar-refractivity contribution in [3.8, 4) is 0 Å². The van der Waals surface area contributed by atoms with E-state index in [4.69, 9.17) is 9.15 Å². The van der Waals surface area contributed by atoms with E-state index in [9.17, 15) is 19.2 Å². The number of rotatable bonds is 9. The van der Waals surface area contributed by atoms with E-state index in [1.54, 1.807) is 35.2 Å². The fraction of sp³-hybridized carbons (Fsp3) is 0.300. The van der Waals surface area contributed by atoms with Crippen LogP contribution >= 0.6 is 0 Å². The largest absolute Gasteiger partial charge is 0.459 e. The Kier molecular flexibility index (Phi) is 7.96. The number of amides is 3. The molecule has 0 saturated heterocycles. The summed E-state index contributed by atoms with van der Waals surface area (Å²) in [6.45, 7) is 4.01. The number of carbonyl (C=O) groups excluding carboxylic acids is 4. The van der Waals surface area contributed by atoms with E-state index in [-0.39, 0.29) is 11.7 Å². The molecule has 0 bridgehead atoms. The highest BCUT2D eigenvalue weighted by molar-refractivity contribution is 5.98. The van der Waals surface area contributed by atoms with Gasteiger partial charge >= 0.3 is 5.97 Å². The first-order chi connectivity index (χ1) is 13.9. The summed E-state index contributed by atoms with van der Waals surface area (Å²) in [5.41, 5.74) is 0.860. The highest BCUT2D eigenvalue weighted by Gasteiger charge is 2.15. The lowest BCUT2D eigenvalue weighted by Crippen LogP contribution is -2.32. The zero-order valence-electron chi connectivity index (χ0n) is 16.3. The average molecular weight is 401 g/mol. The lowest BCUT2D eigenvalue weighted by atomic mass is 10.1. The van der Waals surface area contributed by atoms with Crippen LogP contribution in [0.4, 0.5) is 5.69 Å². The molecular weight excluding hydrogens is 378 g/mol. The van der Waals surface area contributed by atoms with Crippen LogP contribution in [0.3, 0.4) is 0 Å². The number of hydrogen-bond acceptors (Lipinski definition) is 6. The van der Waals surface area contributed by atoms with E-state index in [2.05, 4.69) is 10.6 Å². The number of ether oxygens (including phenoxy) is 1. The van der Waals surface area contributed by atoms with Gasteiger partial charge in [0.05, 0.1) is 6.26 Å². The van der Waals surface area contributed by atoms with Gasteiger partial charge in [0, 0.05) is 24.3 Å². The number of furan rings is 1. The van der Waals surface area contributed by atoms with Crippen LogP contribution in [-0.2, 0) is 14.3 Å². The van der Waals surface area contributed by atoms with Crippen LogP contribution in [0.25, 0.3) is 0 Å². The maximum Gasteiger partial charge on any atom is 0.325 e. The predicted molar refractivity (Wildman–Crippen MR) is 104 cm³/mol. The molecule has 9 heteroatoms. The molecule has 0 fully saturated rings. The number of hydrogen-bond donors (Lipinski definition) is 2. The number of benzene rings is 1. The number of carbonyl (C=O) groups is 4. The quantitative estimate of drug-likeness (QED) is 0.617. The van der Waals surface area contributed by atoms with Gasteiger partial charge in [-0.3, -0.25) is 19.2 Å². The van der Waals surface area contributed by atoms with Crippen molar-refractivity contribution in [3.05, 3.63) is 54.0 Å². The van der Waals surface area contributed by atoms with E-state index in [1.165, 1.54) is 12.3 Å². The molecule has 3 amide bonds. The summed E-state index contributed by atoms with van der Waals surface area (Å²) in [5, 5.41) is 4.88. The van der Waals surface area contributed by atoms with Crippen molar-refractivity contribution in [2.45, 2.75) is 13.8 Å².